The van der Waals surface area contributed by atoms with Crippen LogP contribution in [0.3, 0.4) is 0 Å². The second-order valence-corrected chi connectivity index (χ2v) is 4.55. The highest BCUT2D eigenvalue weighted by Crippen LogP contribution is 2.22. The van der Waals surface area contributed by atoms with Gasteiger partial charge in [-0.3, -0.25) is 4.79 Å². The number of rotatable bonds is 3. The summed E-state index contributed by atoms with van der Waals surface area (Å²) >= 11 is 0. The standard InChI is InChI=1S/C16H17FN2O/c1-3-19(13-7-4-6-12(17)10-13)16(20)14-8-5-9-15(18)11(14)2/h4-10H,3,18H2,1-2H3. The molecule has 3 nitrogen and oxygen atoms in total. The number of halogens is 1. The van der Waals surface area contributed by atoms with Gasteiger partial charge >= 0.3 is 0 Å². The smallest absolute Gasteiger partial charge is 0.258 e. The second-order valence-electron chi connectivity index (χ2n) is 4.55. The van der Waals surface area contributed by atoms with E-state index in [4.69, 9.17) is 5.73 Å². The lowest BCUT2D eigenvalue weighted by atomic mass is 10.1. The lowest BCUT2D eigenvalue weighted by Crippen LogP contribution is -2.31. The molecule has 2 aromatic carbocycles. The highest BCUT2D eigenvalue weighted by atomic mass is 19.1. The number of carbonyl (C=O) groups excluding carboxylic acids is 1. The van der Waals surface area contributed by atoms with Crippen molar-refractivity contribution >= 4 is 17.3 Å². The lowest BCUT2D eigenvalue weighted by Gasteiger charge is -2.22. The van der Waals surface area contributed by atoms with Gasteiger partial charge < -0.3 is 10.6 Å². The minimum atomic E-state index is -0.363. The number of nitrogens with zero attached hydrogens (tertiary/aromatic N) is 1. The van der Waals surface area contributed by atoms with Crippen LogP contribution in [0.5, 0.6) is 0 Å². The highest BCUT2D eigenvalue weighted by molar-refractivity contribution is 6.07. The van der Waals surface area contributed by atoms with Gasteiger partial charge in [0.15, 0.2) is 0 Å². The predicted molar refractivity (Wildman–Crippen MR) is 79.3 cm³/mol. The molecule has 0 bridgehead atoms. The largest absolute Gasteiger partial charge is 0.398 e. The van der Waals surface area contributed by atoms with Crippen LogP contribution < -0.4 is 10.6 Å². The van der Waals surface area contributed by atoms with Gasteiger partial charge in [-0.2, -0.15) is 0 Å². The fourth-order valence-corrected chi connectivity index (χ4v) is 2.12. The quantitative estimate of drug-likeness (QED) is 0.871. The van der Waals surface area contributed by atoms with Crippen LogP contribution in [0, 0.1) is 12.7 Å². The summed E-state index contributed by atoms with van der Waals surface area (Å²) in [5.74, 6) is -0.541. The predicted octanol–water partition coefficient (Wildman–Crippen LogP) is 3.38. The zero-order valence-electron chi connectivity index (χ0n) is 11.6. The molecule has 0 aliphatic heterocycles. The molecule has 20 heavy (non-hydrogen) atoms. The maximum atomic E-state index is 13.3. The summed E-state index contributed by atoms with van der Waals surface area (Å²) in [5, 5.41) is 0. The van der Waals surface area contributed by atoms with Crippen molar-refractivity contribution in [2.24, 2.45) is 0 Å². The van der Waals surface area contributed by atoms with E-state index < -0.39 is 0 Å². The lowest BCUT2D eigenvalue weighted by molar-refractivity contribution is 0.0988. The number of hydrogen-bond acceptors (Lipinski definition) is 2. The van der Waals surface area contributed by atoms with Crippen LogP contribution in [0.4, 0.5) is 15.8 Å². The van der Waals surface area contributed by atoms with E-state index in [0.717, 1.165) is 5.56 Å². The molecule has 104 valence electrons. The first-order chi connectivity index (χ1) is 9.54. The summed E-state index contributed by atoms with van der Waals surface area (Å²) in [6.07, 6.45) is 0. The van der Waals surface area contributed by atoms with E-state index in [1.165, 1.54) is 17.0 Å². The summed E-state index contributed by atoms with van der Waals surface area (Å²) < 4.78 is 13.3. The van der Waals surface area contributed by atoms with Gasteiger partial charge in [-0.05, 0) is 49.7 Å². The van der Waals surface area contributed by atoms with Gasteiger partial charge in [0, 0.05) is 23.5 Å². The van der Waals surface area contributed by atoms with Crippen molar-refractivity contribution in [2.75, 3.05) is 17.2 Å². The van der Waals surface area contributed by atoms with E-state index in [1.54, 1.807) is 30.3 Å². The molecule has 0 saturated heterocycles. The van der Waals surface area contributed by atoms with Gasteiger partial charge in [0.2, 0.25) is 0 Å². The molecule has 1 amide bonds. The number of benzene rings is 2. The molecule has 2 rings (SSSR count). The summed E-state index contributed by atoms with van der Waals surface area (Å²) in [6.45, 7) is 4.11. The Morgan fingerprint density at radius 2 is 1.95 bits per heavy atom. The van der Waals surface area contributed by atoms with E-state index >= 15 is 0 Å². The molecule has 0 aromatic heterocycles. The molecule has 0 heterocycles. The van der Waals surface area contributed by atoms with E-state index in [0.29, 0.717) is 23.5 Å². The molecule has 2 N–H and O–H groups in total. The van der Waals surface area contributed by atoms with Crippen LogP contribution in [0.15, 0.2) is 42.5 Å². The first-order valence-corrected chi connectivity index (χ1v) is 6.47. The molecule has 2 aromatic rings. The van der Waals surface area contributed by atoms with Gasteiger partial charge in [-0.15, -0.1) is 0 Å². The summed E-state index contributed by atoms with van der Waals surface area (Å²) in [5.41, 5.74) is 8.23. The van der Waals surface area contributed by atoms with E-state index in [9.17, 15) is 9.18 Å². The fraction of sp³-hybridized carbons (Fsp3) is 0.188. The summed E-state index contributed by atoms with van der Waals surface area (Å²) in [4.78, 5) is 14.1. The maximum absolute atomic E-state index is 13.3. The first kappa shape index (κ1) is 14.1. The molecule has 0 radical (unpaired) electrons. The maximum Gasteiger partial charge on any atom is 0.258 e. The van der Waals surface area contributed by atoms with Crippen molar-refractivity contribution in [3.8, 4) is 0 Å². The Balaban J connectivity index is 2.42. The summed E-state index contributed by atoms with van der Waals surface area (Å²) in [6, 6.07) is 11.2. The Labute approximate surface area is 117 Å². The number of hydrogen-bond donors (Lipinski definition) is 1. The number of carbonyl (C=O) groups is 1. The van der Waals surface area contributed by atoms with Crippen LogP contribution in [-0.4, -0.2) is 12.5 Å². The van der Waals surface area contributed by atoms with Crippen molar-refractivity contribution in [1.29, 1.82) is 0 Å². The zero-order chi connectivity index (χ0) is 14.7. The number of anilines is 2. The van der Waals surface area contributed by atoms with Crippen molar-refractivity contribution in [3.63, 3.8) is 0 Å². The van der Waals surface area contributed by atoms with Crippen molar-refractivity contribution in [3.05, 3.63) is 59.4 Å². The SMILES string of the molecule is CCN(C(=O)c1cccc(N)c1C)c1cccc(F)c1. The molecule has 0 aliphatic rings. The zero-order valence-corrected chi connectivity index (χ0v) is 11.6. The first-order valence-electron chi connectivity index (χ1n) is 6.47. The van der Waals surface area contributed by atoms with E-state index in [-0.39, 0.29) is 11.7 Å². The Morgan fingerprint density at radius 1 is 1.25 bits per heavy atom. The Kier molecular flexibility index (Phi) is 4.03. The van der Waals surface area contributed by atoms with E-state index in [2.05, 4.69) is 0 Å². The van der Waals surface area contributed by atoms with Gasteiger partial charge in [-0.1, -0.05) is 12.1 Å². The van der Waals surface area contributed by atoms with Crippen molar-refractivity contribution in [2.45, 2.75) is 13.8 Å². The Bertz CT molecular complexity index is 640. The fourth-order valence-electron chi connectivity index (χ4n) is 2.12. The molecule has 0 spiro atoms. The van der Waals surface area contributed by atoms with Crippen molar-refractivity contribution in [1.82, 2.24) is 0 Å². The van der Waals surface area contributed by atoms with Gasteiger partial charge in [0.25, 0.3) is 5.91 Å². The molecule has 0 aliphatic carbocycles. The van der Waals surface area contributed by atoms with Crippen LogP contribution in [0.2, 0.25) is 0 Å². The molecule has 4 heteroatoms. The van der Waals surface area contributed by atoms with Crippen LogP contribution in [0.1, 0.15) is 22.8 Å². The van der Waals surface area contributed by atoms with E-state index in [1.807, 2.05) is 13.8 Å². The average Bonchev–Trinajstić information content (AvgIpc) is 2.42. The minimum absolute atomic E-state index is 0.178. The highest BCUT2D eigenvalue weighted by Gasteiger charge is 2.18. The topological polar surface area (TPSA) is 46.3 Å². The average molecular weight is 272 g/mol. The normalized spacial score (nSPS) is 10.3. The van der Waals surface area contributed by atoms with Crippen LogP contribution in [-0.2, 0) is 0 Å². The monoisotopic (exact) mass is 272 g/mol. The third-order valence-corrected chi connectivity index (χ3v) is 3.29. The van der Waals surface area contributed by atoms with Crippen molar-refractivity contribution < 1.29 is 9.18 Å². The van der Waals surface area contributed by atoms with Crippen LogP contribution in [0.25, 0.3) is 0 Å². The van der Waals surface area contributed by atoms with Gasteiger partial charge in [-0.25, -0.2) is 4.39 Å². The summed E-state index contributed by atoms with van der Waals surface area (Å²) in [7, 11) is 0. The third kappa shape index (κ3) is 2.64. The Morgan fingerprint density at radius 3 is 2.60 bits per heavy atom. The molecule has 0 unspecified atom stereocenters. The minimum Gasteiger partial charge on any atom is -0.398 e. The van der Waals surface area contributed by atoms with Gasteiger partial charge in [0.05, 0.1) is 0 Å². The molecule has 0 atom stereocenters. The number of nitrogen functional groups attached to an aromatic ring is 1. The third-order valence-electron chi connectivity index (χ3n) is 3.29. The second kappa shape index (κ2) is 5.74. The molecule has 0 saturated carbocycles. The number of amides is 1. The Hall–Kier alpha value is -2.36. The van der Waals surface area contributed by atoms with Gasteiger partial charge in [0.1, 0.15) is 5.82 Å². The molecular weight excluding hydrogens is 255 g/mol. The molecular formula is C16H17FN2O. The van der Waals surface area contributed by atoms with Crippen LogP contribution >= 0.6 is 0 Å². The molecule has 0 fully saturated rings. The number of nitrogens with two attached hydrogens (primary N) is 1.